The molecule has 1 aromatic heterocycles. The summed E-state index contributed by atoms with van der Waals surface area (Å²) in [6.45, 7) is 0. The first-order valence-corrected chi connectivity index (χ1v) is 8.94. The Morgan fingerprint density at radius 3 is 2.29 bits per heavy atom. The van der Waals surface area contributed by atoms with Crippen molar-refractivity contribution in [2.75, 3.05) is 7.11 Å². The van der Waals surface area contributed by atoms with E-state index in [9.17, 15) is 27.6 Å². The van der Waals surface area contributed by atoms with Gasteiger partial charge in [0.2, 0.25) is 0 Å². The number of alkyl halides is 3. The molecule has 1 heterocycles. The number of carbonyl (C=O) groups excluding carboxylic acids is 3. The second-order valence-corrected chi connectivity index (χ2v) is 6.40. The van der Waals surface area contributed by atoms with E-state index in [1.54, 1.807) is 6.07 Å². The van der Waals surface area contributed by atoms with Crippen molar-refractivity contribution in [3.63, 3.8) is 0 Å². The van der Waals surface area contributed by atoms with Gasteiger partial charge in [0.1, 0.15) is 5.69 Å². The Morgan fingerprint density at radius 1 is 1.00 bits per heavy atom. The zero-order valence-corrected chi connectivity index (χ0v) is 16.1. The summed E-state index contributed by atoms with van der Waals surface area (Å²) < 4.78 is 47.0. The molecule has 0 radical (unpaired) electrons. The van der Waals surface area contributed by atoms with Gasteiger partial charge in [-0.2, -0.15) is 13.2 Å². The van der Waals surface area contributed by atoms with Crippen LogP contribution in [0.15, 0.2) is 61.1 Å². The number of nitrogens with zero attached hydrogens (tertiary/aromatic N) is 2. The molecular weight excluding hydrogens is 413 g/mol. The van der Waals surface area contributed by atoms with Gasteiger partial charge in [0.05, 0.1) is 18.9 Å². The Kier molecular flexibility index (Phi) is 6.24. The van der Waals surface area contributed by atoms with Crippen LogP contribution in [0, 0.1) is 0 Å². The average Bonchev–Trinajstić information content (AvgIpc) is 2.78. The maximum atomic E-state index is 14.2. The molecule has 0 saturated heterocycles. The van der Waals surface area contributed by atoms with Crippen molar-refractivity contribution < 1.29 is 32.3 Å². The summed E-state index contributed by atoms with van der Waals surface area (Å²) >= 11 is 0. The quantitative estimate of drug-likeness (QED) is 0.336. The number of Topliss-reactive ketones (excluding diaryl/α,β-unsaturated/α-hetero) is 2. The average molecular weight is 428 g/mol. The van der Waals surface area contributed by atoms with Crippen LogP contribution >= 0.6 is 0 Å². The predicted molar refractivity (Wildman–Crippen MR) is 103 cm³/mol. The van der Waals surface area contributed by atoms with Crippen molar-refractivity contribution in [1.29, 1.82) is 0 Å². The van der Waals surface area contributed by atoms with E-state index in [-0.39, 0.29) is 16.8 Å². The molecule has 3 rings (SSSR count). The van der Waals surface area contributed by atoms with Gasteiger partial charge in [-0.3, -0.25) is 14.6 Å². The molecule has 0 amide bonds. The Hall–Kier alpha value is -3.88. The predicted octanol–water partition coefficient (Wildman–Crippen LogP) is 3.94. The molecule has 2 aromatic carbocycles. The van der Waals surface area contributed by atoms with Gasteiger partial charge in [-0.05, 0) is 17.2 Å². The van der Waals surface area contributed by atoms with Crippen LogP contribution in [0.2, 0.25) is 0 Å². The van der Waals surface area contributed by atoms with Gasteiger partial charge in [0, 0.05) is 29.9 Å². The molecule has 0 aliphatic carbocycles. The molecule has 0 spiro atoms. The van der Waals surface area contributed by atoms with Crippen LogP contribution < -0.4 is 0 Å². The van der Waals surface area contributed by atoms with Crippen molar-refractivity contribution in [2.24, 2.45) is 0 Å². The van der Waals surface area contributed by atoms with Crippen LogP contribution in [0.1, 0.15) is 32.0 Å². The van der Waals surface area contributed by atoms with Crippen molar-refractivity contribution >= 4 is 17.5 Å². The minimum absolute atomic E-state index is 0.0656. The van der Waals surface area contributed by atoms with Crippen LogP contribution in [-0.2, 0) is 22.1 Å². The summed E-state index contributed by atoms with van der Waals surface area (Å²) in [5, 5.41) is 0. The second kappa shape index (κ2) is 8.86. The van der Waals surface area contributed by atoms with E-state index in [0.29, 0.717) is 0 Å². The maximum Gasteiger partial charge on any atom is 0.417 e. The third-order valence-corrected chi connectivity index (χ3v) is 4.45. The smallest absolute Gasteiger partial charge is 0.417 e. The Morgan fingerprint density at radius 2 is 1.71 bits per heavy atom. The summed E-state index contributed by atoms with van der Waals surface area (Å²) in [6, 6.07) is 9.47. The number of ketones is 2. The largest absolute Gasteiger partial charge is 0.463 e. The number of ether oxygens (including phenoxy) is 1. The first-order valence-electron chi connectivity index (χ1n) is 8.94. The second-order valence-electron chi connectivity index (χ2n) is 6.40. The molecule has 0 fully saturated rings. The van der Waals surface area contributed by atoms with E-state index in [1.807, 2.05) is 0 Å². The van der Waals surface area contributed by atoms with E-state index < -0.39 is 46.8 Å². The fourth-order valence-electron chi connectivity index (χ4n) is 3.12. The van der Waals surface area contributed by atoms with Crippen molar-refractivity contribution in [2.45, 2.75) is 12.6 Å². The third kappa shape index (κ3) is 4.66. The number of carbonyl (C=O) groups is 3. The number of rotatable bonds is 6. The van der Waals surface area contributed by atoms with Gasteiger partial charge in [-0.25, -0.2) is 9.78 Å². The van der Waals surface area contributed by atoms with Crippen LogP contribution in [-0.4, -0.2) is 34.6 Å². The molecule has 0 aliphatic rings. The molecule has 0 bridgehead atoms. The molecule has 0 N–H and O–H groups in total. The van der Waals surface area contributed by atoms with Crippen molar-refractivity contribution in [1.82, 2.24) is 9.97 Å². The zero-order valence-electron chi connectivity index (χ0n) is 16.1. The zero-order chi connectivity index (χ0) is 22.6. The Balaban J connectivity index is 2.25. The number of benzene rings is 2. The fourth-order valence-corrected chi connectivity index (χ4v) is 3.12. The van der Waals surface area contributed by atoms with E-state index in [1.165, 1.54) is 36.7 Å². The molecule has 31 heavy (non-hydrogen) atoms. The lowest BCUT2D eigenvalue weighted by atomic mass is 9.87. The fraction of sp³-hybridized carbons (Fsp3) is 0.136. The molecule has 6 nitrogen and oxygen atoms in total. The molecule has 9 heteroatoms. The van der Waals surface area contributed by atoms with Crippen molar-refractivity contribution in [3.05, 3.63) is 83.4 Å². The molecular formula is C22H15F3N2O4. The van der Waals surface area contributed by atoms with Crippen LogP contribution in [0.25, 0.3) is 11.1 Å². The van der Waals surface area contributed by atoms with Crippen LogP contribution in [0.5, 0.6) is 0 Å². The van der Waals surface area contributed by atoms with Gasteiger partial charge in [0.15, 0.2) is 5.78 Å². The highest BCUT2D eigenvalue weighted by Gasteiger charge is 2.39. The SMILES string of the molecule is COC(=O)C(=O)c1ccc(CC(=O)c2cnccn2)c(C(F)(F)F)c1-c1ccccc1. The molecule has 0 unspecified atom stereocenters. The Labute approximate surface area is 174 Å². The summed E-state index contributed by atoms with van der Waals surface area (Å²) in [5.41, 5.74) is -2.52. The summed E-state index contributed by atoms with van der Waals surface area (Å²) in [4.78, 5) is 44.3. The van der Waals surface area contributed by atoms with E-state index in [4.69, 9.17) is 0 Å². The highest BCUT2D eigenvalue weighted by atomic mass is 19.4. The molecule has 158 valence electrons. The van der Waals surface area contributed by atoms with Gasteiger partial charge in [-0.15, -0.1) is 0 Å². The lowest BCUT2D eigenvalue weighted by molar-refractivity contribution is -0.138. The van der Waals surface area contributed by atoms with E-state index >= 15 is 0 Å². The topological polar surface area (TPSA) is 86.2 Å². The highest BCUT2D eigenvalue weighted by Crippen LogP contribution is 2.42. The number of hydrogen-bond donors (Lipinski definition) is 0. The highest BCUT2D eigenvalue weighted by molar-refractivity contribution is 6.42. The summed E-state index contributed by atoms with van der Waals surface area (Å²) in [5.74, 6) is -3.20. The molecule has 3 aromatic rings. The van der Waals surface area contributed by atoms with E-state index in [2.05, 4.69) is 14.7 Å². The standard InChI is InChI=1S/C22H15F3N2O4/c1-31-21(30)20(29)15-8-7-14(11-17(28)16-12-26-9-10-27-16)19(22(23,24)25)18(15)13-5-3-2-4-6-13/h2-10,12H,11H2,1H3. The molecule has 0 atom stereocenters. The van der Waals surface area contributed by atoms with Gasteiger partial charge in [0.25, 0.3) is 5.78 Å². The number of aromatic nitrogens is 2. The first kappa shape index (κ1) is 21.8. The van der Waals surface area contributed by atoms with Gasteiger partial charge in [-0.1, -0.05) is 36.4 Å². The van der Waals surface area contributed by atoms with Crippen LogP contribution in [0.4, 0.5) is 13.2 Å². The minimum atomic E-state index is -4.92. The number of esters is 1. The Bertz CT molecular complexity index is 1130. The molecule has 0 saturated carbocycles. The lowest BCUT2D eigenvalue weighted by Crippen LogP contribution is -2.21. The monoisotopic (exact) mass is 428 g/mol. The van der Waals surface area contributed by atoms with Gasteiger partial charge >= 0.3 is 12.1 Å². The summed E-state index contributed by atoms with van der Waals surface area (Å²) in [7, 11) is 0.959. The van der Waals surface area contributed by atoms with Crippen LogP contribution in [0.3, 0.4) is 0 Å². The lowest BCUT2D eigenvalue weighted by Gasteiger charge is -2.20. The van der Waals surface area contributed by atoms with E-state index in [0.717, 1.165) is 25.4 Å². The van der Waals surface area contributed by atoms with Gasteiger partial charge < -0.3 is 4.74 Å². The normalized spacial score (nSPS) is 11.1. The van der Waals surface area contributed by atoms with Crippen molar-refractivity contribution in [3.8, 4) is 11.1 Å². The number of methoxy groups -OCH3 is 1. The number of hydrogen-bond acceptors (Lipinski definition) is 6. The summed E-state index contributed by atoms with van der Waals surface area (Å²) in [6.07, 6.45) is -1.80. The maximum absolute atomic E-state index is 14.2. The minimum Gasteiger partial charge on any atom is -0.463 e. The third-order valence-electron chi connectivity index (χ3n) is 4.45. The molecule has 0 aliphatic heterocycles. The first-order chi connectivity index (χ1) is 14.7. The number of halogens is 3.